The van der Waals surface area contributed by atoms with Gasteiger partial charge in [0.25, 0.3) is 0 Å². The standard InChI is InChI=1S/C21H19N3OS/c1-15-19(26-21(23-15)17-8-3-2-4-9-17)13-22-20(25)14-24-12-11-16-7-5-6-10-18(16)24/h2-12H,13-14H2,1H3,(H,22,25). The topological polar surface area (TPSA) is 46.9 Å². The Morgan fingerprint density at radius 2 is 1.85 bits per heavy atom. The Morgan fingerprint density at radius 1 is 1.08 bits per heavy atom. The predicted molar refractivity (Wildman–Crippen MR) is 106 cm³/mol. The first-order chi connectivity index (χ1) is 12.7. The molecule has 4 rings (SSSR count). The third kappa shape index (κ3) is 3.39. The minimum Gasteiger partial charge on any atom is -0.350 e. The quantitative estimate of drug-likeness (QED) is 0.573. The van der Waals surface area contributed by atoms with E-state index in [9.17, 15) is 4.79 Å². The van der Waals surface area contributed by atoms with Crippen molar-refractivity contribution in [3.63, 3.8) is 0 Å². The largest absolute Gasteiger partial charge is 0.350 e. The van der Waals surface area contributed by atoms with Crippen LogP contribution in [0.3, 0.4) is 0 Å². The van der Waals surface area contributed by atoms with Crippen LogP contribution in [-0.4, -0.2) is 15.5 Å². The van der Waals surface area contributed by atoms with E-state index in [-0.39, 0.29) is 5.91 Å². The molecule has 0 aliphatic heterocycles. The van der Waals surface area contributed by atoms with Crippen molar-refractivity contribution in [3.8, 4) is 10.6 Å². The van der Waals surface area contributed by atoms with Gasteiger partial charge in [-0.1, -0.05) is 48.5 Å². The Kier molecular flexibility index (Phi) is 4.54. The van der Waals surface area contributed by atoms with Gasteiger partial charge in [-0.15, -0.1) is 11.3 Å². The molecule has 0 atom stereocenters. The number of hydrogen-bond acceptors (Lipinski definition) is 3. The minimum atomic E-state index is 0.000383. The number of thiazole rings is 1. The van der Waals surface area contributed by atoms with Crippen LogP contribution in [0.2, 0.25) is 0 Å². The molecular weight excluding hydrogens is 342 g/mol. The number of aromatic nitrogens is 2. The van der Waals surface area contributed by atoms with E-state index in [4.69, 9.17) is 0 Å². The molecule has 0 spiro atoms. The summed E-state index contributed by atoms with van der Waals surface area (Å²) in [5.74, 6) is 0.000383. The molecule has 5 heteroatoms. The Labute approximate surface area is 156 Å². The summed E-state index contributed by atoms with van der Waals surface area (Å²) >= 11 is 1.63. The molecule has 26 heavy (non-hydrogen) atoms. The van der Waals surface area contributed by atoms with E-state index in [1.54, 1.807) is 11.3 Å². The maximum absolute atomic E-state index is 12.4. The number of carbonyl (C=O) groups excluding carboxylic acids is 1. The number of carbonyl (C=O) groups is 1. The number of rotatable bonds is 5. The molecule has 0 aliphatic carbocycles. The van der Waals surface area contributed by atoms with Gasteiger partial charge < -0.3 is 9.88 Å². The lowest BCUT2D eigenvalue weighted by Crippen LogP contribution is -2.26. The van der Waals surface area contributed by atoms with Crippen molar-refractivity contribution in [1.82, 2.24) is 14.9 Å². The highest BCUT2D eigenvalue weighted by Crippen LogP contribution is 2.27. The summed E-state index contributed by atoms with van der Waals surface area (Å²) in [5.41, 5.74) is 3.15. The number of nitrogens with zero attached hydrogens (tertiary/aromatic N) is 2. The Morgan fingerprint density at radius 3 is 2.69 bits per heavy atom. The van der Waals surface area contributed by atoms with Crippen molar-refractivity contribution < 1.29 is 4.79 Å². The lowest BCUT2D eigenvalue weighted by molar-refractivity contribution is -0.121. The second-order valence-electron chi connectivity index (χ2n) is 6.17. The summed E-state index contributed by atoms with van der Waals surface area (Å²) in [4.78, 5) is 18.1. The number of amides is 1. The lowest BCUT2D eigenvalue weighted by atomic mass is 10.2. The van der Waals surface area contributed by atoms with Crippen LogP contribution in [0.1, 0.15) is 10.6 Å². The molecule has 130 valence electrons. The molecule has 0 bridgehead atoms. The SMILES string of the molecule is Cc1nc(-c2ccccc2)sc1CNC(=O)Cn1ccc2ccccc21. The number of benzene rings is 2. The van der Waals surface area contributed by atoms with Gasteiger partial charge >= 0.3 is 0 Å². The average Bonchev–Trinajstić information content (AvgIpc) is 3.25. The van der Waals surface area contributed by atoms with Gasteiger partial charge in [-0.2, -0.15) is 0 Å². The van der Waals surface area contributed by atoms with Crippen LogP contribution < -0.4 is 5.32 Å². The predicted octanol–water partition coefficient (Wildman–Crippen LogP) is 4.39. The van der Waals surface area contributed by atoms with E-state index in [1.807, 2.05) is 60.2 Å². The van der Waals surface area contributed by atoms with Crippen LogP contribution in [-0.2, 0) is 17.9 Å². The summed E-state index contributed by atoms with van der Waals surface area (Å²) in [7, 11) is 0. The molecule has 0 saturated carbocycles. The van der Waals surface area contributed by atoms with Gasteiger partial charge in [0.1, 0.15) is 11.6 Å². The Hall–Kier alpha value is -2.92. The highest BCUT2D eigenvalue weighted by molar-refractivity contribution is 7.15. The first-order valence-electron chi connectivity index (χ1n) is 8.53. The zero-order valence-corrected chi connectivity index (χ0v) is 15.3. The molecule has 0 aliphatic rings. The minimum absolute atomic E-state index is 0.000383. The van der Waals surface area contributed by atoms with Crippen LogP contribution in [0.5, 0.6) is 0 Å². The van der Waals surface area contributed by atoms with E-state index in [0.29, 0.717) is 13.1 Å². The molecule has 0 saturated heterocycles. The molecule has 4 aromatic rings. The van der Waals surface area contributed by atoms with Crippen LogP contribution >= 0.6 is 11.3 Å². The summed E-state index contributed by atoms with van der Waals surface area (Å²) in [6, 6.07) is 20.2. The summed E-state index contributed by atoms with van der Waals surface area (Å²) < 4.78 is 1.97. The highest BCUT2D eigenvalue weighted by Gasteiger charge is 2.11. The summed E-state index contributed by atoms with van der Waals surface area (Å²) in [5, 5.41) is 5.15. The molecule has 4 nitrogen and oxygen atoms in total. The van der Waals surface area contributed by atoms with Gasteiger partial charge in [-0.25, -0.2) is 4.98 Å². The molecule has 0 radical (unpaired) electrons. The van der Waals surface area contributed by atoms with Crippen molar-refractivity contribution in [2.24, 2.45) is 0 Å². The number of aryl methyl sites for hydroxylation is 1. The second-order valence-corrected chi connectivity index (χ2v) is 7.26. The molecular formula is C21H19N3OS. The average molecular weight is 361 g/mol. The maximum atomic E-state index is 12.4. The molecule has 1 amide bonds. The third-order valence-electron chi connectivity index (χ3n) is 4.35. The van der Waals surface area contributed by atoms with Gasteiger partial charge in [0.2, 0.25) is 5.91 Å². The second kappa shape index (κ2) is 7.14. The maximum Gasteiger partial charge on any atom is 0.240 e. The van der Waals surface area contributed by atoms with E-state index < -0.39 is 0 Å². The zero-order valence-electron chi connectivity index (χ0n) is 14.5. The van der Waals surface area contributed by atoms with Gasteiger partial charge in [0, 0.05) is 22.2 Å². The number of nitrogens with one attached hydrogen (secondary N) is 1. The fourth-order valence-electron chi connectivity index (χ4n) is 2.96. The fraction of sp³-hybridized carbons (Fsp3) is 0.143. The van der Waals surface area contributed by atoms with Crippen molar-refractivity contribution in [3.05, 3.63) is 77.4 Å². The summed E-state index contributed by atoms with van der Waals surface area (Å²) in [6.07, 6.45) is 1.95. The van der Waals surface area contributed by atoms with E-state index >= 15 is 0 Å². The Balaban J connectivity index is 1.42. The molecule has 1 N–H and O–H groups in total. The normalized spacial score (nSPS) is 11.0. The molecule has 2 aromatic heterocycles. The molecule has 2 aromatic carbocycles. The lowest BCUT2D eigenvalue weighted by Gasteiger charge is -2.07. The molecule has 0 fully saturated rings. The van der Waals surface area contributed by atoms with Gasteiger partial charge in [-0.3, -0.25) is 4.79 Å². The number of fused-ring (bicyclic) bond motifs is 1. The first-order valence-corrected chi connectivity index (χ1v) is 9.34. The van der Waals surface area contributed by atoms with E-state index in [1.165, 1.54) is 0 Å². The number of para-hydroxylation sites is 1. The van der Waals surface area contributed by atoms with Gasteiger partial charge in [0.15, 0.2) is 0 Å². The number of hydrogen-bond donors (Lipinski definition) is 1. The first kappa shape index (κ1) is 16.5. The van der Waals surface area contributed by atoms with Gasteiger partial charge in [0.05, 0.1) is 12.2 Å². The van der Waals surface area contributed by atoms with E-state index in [2.05, 4.69) is 28.5 Å². The fourth-order valence-corrected chi connectivity index (χ4v) is 3.97. The van der Waals surface area contributed by atoms with Crippen LogP contribution in [0, 0.1) is 6.92 Å². The molecule has 2 heterocycles. The van der Waals surface area contributed by atoms with Crippen molar-refractivity contribution in [2.75, 3.05) is 0 Å². The van der Waals surface area contributed by atoms with E-state index in [0.717, 1.165) is 32.0 Å². The smallest absolute Gasteiger partial charge is 0.240 e. The monoisotopic (exact) mass is 361 g/mol. The van der Waals surface area contributed by atoms with Crippen molar-refractivity contribution in [1.29, 1.82) is 0 Å². The Bertz CT molecular complexity index is 1050. The van der Waals surface area contributed by atoms with Crippen molar-refractivity contribution in [2.45, 2.75) is 20.0 Å². The van der Waals surface area contributed by atoms with Crippen molar-refractivity contribution >= 4 is 28.1 Å². The van der Waals surface area contributed by atoms with Crippen LogP contribution in [0.4, 0.5) is 0 Å². The van der Waals surface area contributed by atoms with Gasteiger partial charge in [-0.05, 0) is 24.4 Å². The third-order valence-corrected chi connectivity index (χ3v) is 5.56. The highest BCUT2D eigenvalue weighted by atomic mass is 32.1. The summed E-state index contributed by atoms with van der Waals surface area (Å²) in [6.45, 7) is 2.81. The van der Waals surface area contributed by atoms with Crippen LogP contribution in [0.15, 0.2) is 66.9 Å². The zero-order chi connectivity index (χ0) is 17.9. The molecule has 0 unspecified atom stereocenters. The van der Waals surface area contributed by atoms with Crippen LogP contribution in [0.25, 0.3) is 21.5 Å².